The molecule has 0 aromatic carbocycles. The molecule has 0 fully saturated rings. The Labute approximate surface area is 66.7 Å². The van der Waals surface area contributed by atoms with Crippen molar-refractivity contribution in [2.75, 3.05) is 6.61 Å². The van der Waals surface area contributed by atoms with Gasteiger partial charge in [-0.25, -0.2) is 0 Å². The van der Waals surface area contributed by atoms with Crippen molar-refractivity contribution in [1.29, 1.82) is 0 Å². The fourth-order valence-electron chi connectivity index (χ4n) is 0.0680. The summed E-state index contributed by atoms with van der Waals surface area (Å²) in [4.78, 5) is 6.50. The van der Waals surface area contributed by atoms with Gasteiger partial charge in [-0.05, 0) is 22.9 Å². The molecular formula is C5H9BrF2O2. The first kappa shape index (κ1) is 12.5. The highest BCUT2D eigenvalue weighted by atomic mass is 79.9. The summed E-state index contributed by atoms with van der Waals surface area (Å²) >= 11 is 2.04. The average molecular weight is 219 g/mol. The molecule has 0 aromatic heterocycles. The van der Waals surface area contributed by atoms with E-state index in [-0.39, 0.29) is 0 Å². The van der Waals surface area contributed by atoms with Crippen molar-refractivity contribution in [3.05, 3.63) is 0 Å². The van der Waals surface area contributed by atoms with Crippen molar-refractivity contribution in [2.45, 2.75) is 18.7 Å². The normalized spacial score (nSPS) is 9.30. The largest absolute Gasteiger partial charge is 0.468 e. The molecule has 0 aromatic rings. The Bertz CT molecular complexity index is 76.2. The van der Waals surface area contributed by atoms with Crippen LogP contribution in [0.3, 0.4) is 0 Å². The van der Waals surface area contributed by atoms with Crippen LogP contribution in [-0.2, 0) is 9.53 Å². The van der Waals surface area contributed by atoms with Crippen molar-refractivity contribution in [1.82, 2.24) is 0 Å². The number of ether oxygens (including phenoxy) is 1. The number of halogens is 3. The molecule has 5 heteroatoms. The molecule has 0 aliphatic rings. The van der Waals surface area contributed by atoms with Gasteiger partial charge in [0.05, 0.1) is 6.61 Å². The molecule has 0 heterocycles. The van der Waals surface area contributed by atoms with Crippen molar-refractivity contribution < 1.29 is 18.3 Å². The van der Waals surface area contributed by atoms with Gasteiger partial charge >= 0.3 is 0 Å². The lowest BCUT2D eigenvalue weighted by Crippen LogP contribution is -1.91. The lowest BCUT2D eigenvalue weighted by Gasteiger charge is -1.91. The van der Waals surface area contributed by atoms with Crippen LogP contribution in [0.1, 0.15) is 13.8 Å². The summed E-state index contributed by atoms with van der Waals surface area (Å²) < 4.78 is 26.0. The Kier molecular flexibility index (Phi) is 8.64. The second kappa shape index (κ2) is 6.92. The third-order valence-corrected chi connectivity index (χ3v) is 0.235. The van der Waals surface area contributed by atoms with Crippen LogP contribution in [0.5, 0.6) is 0 Å². The Balaban J connectivity index is 0. The van der Waals surface area contributed by atoms with Crippen molar-refractivity contribution >= 4 is 22.4 Å². The fourth-order valence-corrected chi connectivity index (χ4v) is 0.0680. The van der Waals surface area contributed by atoms with E-state index in [0.29, 0.717) is 13.1 Å². The third kappa shape index (κ3) is 111. The first-order chi connectivity index (χ1) is 4.41. The molecule has 0 aliphatic carbocycles. The highest BCUT2D eigenvalue weighted by Gasteiger charge is 2.11. The number of hydrogen-bond acceptors (Lipinski definition) is 2. The summed E-state index contributed by atoms with van der Waals surface area (Å²) in [6.45, 7) is 3.44. The summed E-state index contributed by atoms with van der Waals surface area (Å²) in [6.07, 6.45) is 0. The molecule has 0 saturated carbocycles. The number of carbonyl (C=O) groups is 1. The van der Waals surface area contributed by atoms with Gasteiger partial charge in [0, 0.05) is 6.92 Å². The Hall–Kier alpha value is -0.190. The highest BCUT2D eigenvalue weighted by molar-refractivity contribution is 9.09. The quantitative estimate of drug-likeness (QED) is 0.525. The molecule has 0 unspecified atom stereocenters. The standard InChI is InChI=1S/C3H6O2.C2H3BrF2/c1-2-5-3-4;1-2(3,4)5/h3H,2H2,1H3;1H3. The summed E-state index contributed by atoms with van der Waals surface area (Å²) in [5.74, 6) is 0. The maximum atomic E-state index is 10.9. The monoisotopic (exact) mass is 218 g/mol. The van der Waals surface area contributed by atoms with Gasteiger partial charge in [-0.15, -0.1) is 0 Å². The minimum Gasteiger partial charge on any atom is -0.468 e. The molecule has 0 atom stereocenters. The third-order valence-electron chi connectivity index (χ3n) is 0.235. The molecular weight excluding hydrogens is 210 g/mol. The second-order valence-electron chi connectivity index (χ2n) is 1.33. The smallest absolute Gasteiger partial charge is 0.298 e. The van der Waals surface area contributed by atoms with Gasteiger partial charge in [-0.1, -0.05) is 0 Å². The predicted molar refractivity (Wildman–Crippen MR) is 37.2 cm³/mol. The Morgan fingerprint density at radius 2 is 2.00 bits per heavy atom. The Morgan fingerprint density at radius 1 is 1.70 bits per heavy atom. The predicted octanol–water partition coefficient (Wildman–Crippen LogP) is 2.17. The van der Waals surface area contributed by atoms with E-state index in [2.05, 4.69) is 4.74 Å². The van der Waals surface area contributed by atoms with Crippen LogP contribution in [0.4, 0.5) is 8.78 Å². The van der Waals surface area contributed by atoms with E-state index in [4.69, 9.17) is 0 Å². The lowest BCUT2D eigenvalue weighted by molar-refractivity contribution is -0.128. The molecule has 0 saturated heterocycles. The number of carbonyl (C=O) groups excluding carboxylic acids is 1. The summed E-state index contributed by atoms with van der Waals surface area (Å²) in [7, 11) is 0. The zero-order valence-electron chi connectivity index (χ0n) is 5.73. The first-order valence-corrected chi connectivity index (χ1v) is 3.33. The minimum atomic E-state index is -2.69. The zero-order chi connectivity index (χ0) is 8.62. The molecule has 0 amide bonds. The van der Waals surface area contributed by atoms with Crippen LogP contribution in [0.25, 0.3) is 0 Å². The van der Waals surface area contributed by atoms with Crippen molar-refractivity contribution in [3.8, 4) is 0 Å². The van der Waals surface area contributed by atoms with Crippen LogP contribution < -0.4 is 0 Å². The van der Waals surface area contributed by atoms with Gasteiger partial charge in [-0.2, -0.15) is 8.78 Å². The number of hydrogen-bond donors (Lipinski definition) is 0. The van der Waals surface area contributed by atoms with Gasteiger partial charge in [0.25, 0.3) is 11.3 Å². The van der Waals surface area contributed by atoms with Gasteiger partial charge in [0.2, 0.25) is 0 Å². The van der Waals surface area contributed by atoms with Gasteiger partial charge in [0.1, 0.15) is 0 Å². The van der Waals surface area contributed by atoms with E-state index in [1.165, 1.54) is 0 Å². The van der Waals surface area contributed by atoms with Crippen molar-refractivity contribution in [3.63, 3.8) is 0 Å². The minimum absolute atomic E-state index is 0.431. The van der Waals surface area contributed by atoms with E-state index < -0.39 is 4.83 Å². The molecule has 0 N–H and O–H groups in total. The molecule has 0 bridgehead atoms. The summed E-state index contributed by atoms with van der Waals surface area (Å²) in [5.41, 5.74) is 0. The van der Waals surface area contributed by atoms with Crippen LogP contribution >= 0.6 is 15.9 Å². The van der Waals surface area contributed by atoms with Crippen LogP contribution in [0.2, 0.25) is 0 Å². The van der Waals surface area contributed by atoms with E-state index in [1.807, 2.05) is 15.9 Å². The van der Waals surface area contributed by atoms with E-state index in [1.54, 1.807) is 6.92 Å². The van der Waals surface area contributed by atoms with E-state index in [0.717, 1.165) is 6.92 Å². The SMILES string of the molecule is CC(F)(F)Br.CCOC=O. The Morgan fingerprint density at radius 3 is 2.00 bits per heavy atom. The average Bonchev–Trinajstić information content (AvgIpc) is 1.63. The highest BCUT2D eigenvalue weighted by Crippen LogP contribution is 2.18. The molecule has 62 valence electrons. The molecule has 2 nitrogen and oxygen atoms in total. The number of alkyl halides is 3. The van der Waals surface area contributed by atoms with Crippen molar-refractivity contribution in [2.24, 2.45) is 0 Å². The number of rotatable bonds is 2. The van der Waals surface area contributed by atoms with E-state index >= 15 is 0 Å². The molecule has 0 rings (SSSR count). The van der Waals surface area contributed by atoms with Crippen LogP contribution in [-0.4, -0.2) is 17.9 Å². The van der Waals surface area contributed by atoms with E-state index in [9.17, 15) is 13.6 Å². The van der Waals surface area contributed by atoms with Crippen LogP contribution in [0, 0.1) is 0 Å². The first-order valence-electron chi connectivity index (χ1n) is 2.53. The maximum Gasteiger partial charge on any atom is 0.298 e. The van der Waals surface area contributed by atoms with Gasteiger partial charge in [0.15, 0.2) is 0 Å². The summed E-state index contributed by atoms with van der Waals surface area (Å²) in [5, 5.41) is 0. The molecule has 10 heavy (non-hydrogen) atoms. The second-order valence-corrected chi connectivity index (χ2v) is 2.73. The van der Waals surface area contributed by atoms with Gasteiger partial charge in [-0.3, -0.25) is 4.79 Å². The maximum absolute atomic E-state index is 10.9. The topological polar surface area (TPSA) is 26.3 Å². The fraction of sp³-hybridized carbons (Fsp3) is 0.800. The zero-order valence-corrected chi connectivity index (χ0v) is 7.32. The van der Waals surface area contributed by atoms with Gasteiger partial charge < -0.3 is 4.74 Å². The molecule has 0 aliphatic heterocycles. The molecule has 0 spiro atoms. The lowest BCUT2D eigenvalue weighted by atomic mass is 10.9. The molecule has 0 radical (unpaired) electrons. The van der Waals surface area contributed by atoms with Crippen LogP contribution in [0.15, 0.2) is 0 Å². The summed E-state index contributed by atoms with van der Waals surface area (Å²) in [6, 6.07) is 0.